The fourth-order valence-corrected chi connectivity index (χ4v) is 3.19. The molecule has 1 N–H and O–H groups in total. The number of nitrogens with one attached hydrogen (secondary N) is 1. The van der Waals surface area contributed by atoms with Crippen molar-refractivity contribution in [1.82, 2.24) is 24.9 Å². The Hall–Kier alpha value is -3.87. The van der Waals surface area contributed by atoms with Gasteiger partial charge in [0.1, 0.15) is 18.3 Å². The number of fused-ring (bicyclic) bond motifs is 1. The van der Waals surface area contributed by atoms with Gasteiger partial charge in [-0.2, -0.15) is 0 Å². The topological polar surface area (TPSA) is 76.6 Å². The van der Waals surface area contributed by atoms with Crippen molar-refractivity contribution in [3.8, 4) is 11.1 Å². The summed E-state index contributed by atoms with van der Waals surface area (Å²) in [7, 11) is 0. The van der Waals surface area contributed by atoms with Crippen LogP contribution in [0.5, 0.6) is 0 Å². The molecule has 0 atom stereocenters. The first-order valence-electron chi connectivity index (χ1n) is 8.67. The number of ether oxygens (including phenoxy) is 1. The fourth-order valence-electron chi connectivity index (χ4n) is 3.19. The standard InChI is InChI=1S/C21H14FN5O/c22-19-16(14-2-1-5-24-8-14)11-28-12-17(19)21-26-18-10-25-9-15(20(18)27-21)13-3-6-23-7-4-13/h1-11H,12H2,(H,26,27). The summed E-state index contributed by atoms with van der Waals surface area (Å²) in [5.41, 5.74) is 4.59. The van der Waals surface area contributed by atoms with Crippen molar-refractivity contribution in [3.05, 3.63) is 84.9 Å². The number of aromatic amines is 1. The highest BCUT2D eigenvalue weighted by molar-refractivity contribution is 5.94. The minimum absolute atomic E-state index is 0.0907. The van der Waals surface area contributed by atoms with Gasteiger partial charge >= 0.3 is 0 Å². The lowest BCUT2D eigenvalue weighted by Crippen LogP contribution is -2.05. The molecule has 7 heteroatoms. The number of rotatable bonds is 3. The van der Waals surface area contributed by atoms with E-state index in [2.05, 4.69) is 24.9 Å². The molecule has 0 bridgehead atoms. The first kappa shape index (κ1) is 16.3. The minimum atomic E-state index is -0.378. The molecule has 136 valence electrons. The fraction of sp³-hybridized carbons (Fsp3) is 0.0476. The van der Waals surface area contributed by atoms with E-state index in [1.807, 2.05) is 12.1 Å². The van der Waals surface area contributed by atoms with Gasteiger partial charge in [-0.1, -0.05) is 6.07 Å². The number of imidazole rings is 1. The number of aromatic nitrogens is 5. The molecule has 0 radical (unpaired) electrons. The zero-order valence-electron chi connectivity index (χ0n) is 14.6. The van der Waals surface area contributed by atoms with E-state index in [1.54, 1.807) is 49.3 Å². The SMILES string of the molecule is FC1=C(c2nc3c(-c4ccncc4)cncc3[nH]2)COC=C1c1cccnc1. The molecule has 4 aromatic rings. The molecule has 0 fully saturated rings. The van der Waals surface area contributed by atoms with Crippen LogP contribution in [-0.4, -0.2) is 31.5 Å². The molecule has 5 rings (SSSR count). The predicted molar refractivity (Wildman–Crippen MR) is 103 cm³/mol. The molecule has 0 spiro atoms. The van der Waals surface area contributed by atoms with E-state index in [1.165, 1.54) is 6.26 Å². The van der Waals surface area contributed by atoms with Crippen molar-refractivity contribution in [3.63, 3.8) is 0 Å². The average molecular weight is 371 g/mol. The van der Waals surface area contributed by atoms with Crippen LogP contribution in [0.3, 0.4) is 0 Å². The zero-order chi connectivity index (χ0) is 18.9. The molecule has 0 aliphatic carbocycles. The van der Waals surface area contributed by atoms with Crippen LogP contribution in [0.2, 0.25) is 0 Å². The first-order valence-corrected chi connectivity index (χ1v) is 8.67. The summed E-state index contributed by atoms with van der Waals surface area (Å²) in [6, 6.07) is 7.32. The summed E-state index contributed by atoms with van der Waals surface area (Å²) in [6.45, 7) is 0.0907. The number of hydrogen-bond acceptors (Lipinski definition) is 5. The average Bonchev–Trinajstić information content (AvgIpc) is 3.19. The number of nitrogens with zero attached hydrogens (tertiary/aromatic N) is 4. The lowest BCUT2D eigenvalue weighted by atomic mass is 10.0. The van der Waals surface area contributed by atoms with E-state index < -0.39 is 0 Å². The van der Waals surface area contributed by atoms with Crippen LogP contribution in [-0.2, 0) is 4.74 Å². The summed E-state index contributed by atoms with van der Waals surface area (Å²) in [5.74, 6) is 0.0435. The van der Waals surface area contributed by atoms with Gasteiger partial charge in [0.2, 0.25) is 0 Å². The molecular formula is C21H14FN5O. The number of hydrogen-bond donors (Lipinski definition) is 1. The van der Waals surface area contributed by atoms with Gasteiger partial charge < -0.3 is 9.72 Å². The van der Waals surface area contributed by atoms with Crippen LogP contribution < -0.4 is 0 Å². The normalized spacial score (nSPS) is 14.1. The third kappa shape index (κ3) is 2.73. The van der Waals surface area contributed by atoms with Crippen molar-refractivity contribution < 1.29 is 9.13 Å². The summed E-state index contributed by atoms with van der Waals surface area (Å²) in [4.78, 5) is 20.2. The molecule has 0 saturated heterocycles. The maximum Gasteiger partial charge on any atom is 0.144 e. The Balaban J connectivity index is 1.63. The largest absolute Gasteiger partial charge is 0.495 e. The Labute approximate surface area is 159 Å². The van der Waals surface area contributed by atoms with Gasteiger partial charge in [-0.15, -0.1) is 0 Å². The highest BCUT2D eigenvalue weighted by atomic mass is 19.1. The van der Waals surface area contributed by atoms with E-state index in [0.717, 1.165) is 16.6 Å². The minimum Gasteiger partial charge on any atom is -0.495 e. The van der Waals surface area contributed by atoms with Crippen molar-refractivity contribution in [1.29, 1.82) is 0 Å². The van der Waals surface area contributed by atoms with Crippen LogP contribution in [0.25, 0.3) is 33.3 Å². The van der Waals surface area contributed by atoms with E-state index in [0.29, 0.717) is 28.1 Å². The summed E-state index contributed by atoms with van der Waals surface area (Å²) < 4.78 is 20.8. The lowest BCUT2D eigenvalue weighted by Gasteiger charge is -2.16. The first-order chi connectivity index (χ1) is 13.8. The predicted octanol–water partition coefficient (Wildman–Crippen LogP) is 4.17. The number of halogens is 1. The third-order valence-corrected chi connectivity index (χ3v) is 4.57. The highest BCUT2D eigenvalue weighted by Crippen LogP contribution is 2.35. The molecule has 1 aliphatic heterocycles. The number of H-pyrrole nitrogens is 1. The second kappa shape index (κ2) is 6.70. The molecule has 0 saturated carbocycles. The van der Waals surface area contributed by atoms with Crippen molar-refractivity contribution >= 4 is 22.2 Å². The Morgan fingerprint density at radius 3 is 2.64 bits per heavy atom. The van der Waals surface area contributed by atoms with Gasteiger partial charge in [-0.3, -0.25) is 15.0 Å². The van der Waals surface area contributed by atoms with Gasteiger partial charge in [0.05, 0.1) is 34.6 Å². The summed E-state index contributed by atoms with van der Waals surface area (Å²) >= 11 is 0. The highest BCUT2D eigenvalue weighted by Gasteiger charge is 2.23. The van der Waals surface area contributed by atoms with Crippen molar-refractivity contribution in [2.75, 3.05) is 6.61 Å². The van der Waals surface area contributed by atoms with Crippen molar-refractivity contribution in [2.45, 2.75) is 0 Å². The van der Waals surface area contributed by atoms with Crippen molar-refractivity contribution in [2.24, 2.45) is 0 Å². The van der Waals surface area contributed by atoms with Gasteiger partial charge in [-0.25, -0.2) is 9.37 Å². The van der Waals surface area contributed by atoms with Gasteiger partial charge in [0.25, 0.3) is 0 Å². The van der Waals surface area contributed by atoms with E-state index >= 15 is 4.39 Å². The Morgan fingerprint density at radius 2 is 1.82 bits per heavy atom. The smallest absolute Gasteiger partial charge is 0.144 e. The van der Waals surface area contributed by atoms with Crippen LogP contribution in [0.4, 0.5) is 4.39 Å². The van der Waals surface area contributed by atoms with Gasteiger partial charge in [0, 0.05) is 42.1 Å². The maximum atomic E-state index is 15.3. The zero-order valence-corrected chi connectivity index (χ0v) is 14.6. The second-order valence-electron chi connectivity index (χ2n) is 6.28. The molecule has 28 heavy (non-hydrogen) atoms. The molecule has 0 unspecified atom stereocenters. The number of allylic oxidation sites excluding steroid dienone is 2. The van der Waals surface area contributed by atoms with E-state index in [4.69, 9.17) is 4.74 Å². The van der Waals surface area contributed by atoms with Crippen LogP contribution >= 0.6 is 0 Å². The molecule has 6 nitrogen and oxygen atoms in total. The molecule has 0 amide bonds. The second-order valence-corrected chi connectivity index (χ2v) is 6.28. The molecule has 5 heterocycles. The van der Waals surface area contributed by atoms with Gasteiger partial charge in [0.15, 0.2) is 0 Å². The van der Waals surface area contributed by atoms with Crippen LogP contribution in [0.15, 0.2) is 73.5 Å². The van der Waals surface area contributed by atoms with E-state index in [-0.39, 0.29) is 12.4 Å². The number of pyridine rings is 3. The van der Waals surface area contributed by atoms with Crippen LogP contribution in [0, 0.1) is 0 Å². The third-order valence-electron chi connectivity index (χ3n) is 4.57. The molecule has 1 aliphatic rings. The quantitative estimate of drug-likeness (QED) is 0.585. The summed E-state index contributed by atoms with van der Waals surface area (Å²) in [6.07, 6.45) is 11.5. The lowest BCUT2D eigenvalue weighted by molar-refractivity contribution is 0.289. The molecular weight excluding hydrogens is 357 g/mol. The molecule has 0 aromatic carbocycles. The van der Waals surface area contributed by atoms with Crippen LogP contribution in [0.1, 0.15) is 11.4 Å². The summed E-state index contributed by atoms with van der Waals surface area (Å²) in [5, 5.41) is 0. The molecule has 4 aromatic heterocycles. The van der Waals surface area contributed by atoms with Gasteiger partial charge in [-0.05, 0) is 23.8 Å². The maximum absolute atomic E-state index is 15.3. The monoisotopic (exact) mass is 371 g/mol. The Kier molecular flexibility index (Phi) is 3.90. The Bertz CT molecular complexity index is 1220. The van der Waals surface area contributed by atoms with E-state index in [9.17, 15) is 0 Å². The Morgan fingerprint density at radius 1 is 0.929 bits per heavy atom.